The molecule has 0 saturated heterocycles. The van der Waals surface area contributed by atoms with Gasteiger partial charge < -0.3 is 5.32 Å². The third kappa shape index (κ3) is 4.56. The Morgan fingerprint density at radius 2 is 1.48 bits per heavy atom. The van der Waals surface area contributed by atoms with Crippen LogP contribution >= 0.6 is 0 Å². The zero-order valence-corrected chi connectivity index (χ0v) is 16.7. The van der Waals surface area contributed by atoms with E-state index in [1.807, 2.05) is 12.1 Å². The number of hydrogen-bond donors (Lipinski definition) is 2. The number of hydroxylamine groups is 2. The third-order valence-electron chi connectivity index (χ3n) is 5.26. The normalized spacial score (nSPS) is 15.7. The van der Waals surface area contributed by atoms with E-state index in [-0.39, 0.29) is 29.9 Å². The molecule has 0 heterocycles. The number of rotatable bonds is 5. The molecule has 29 heavy (non-hydrogen) atoms. The highest BCUT2D eigenvalue weighted by Crippen LogP contribution is 2.58. The fraction of sp³-hybridized carbons (Fsp3) is 0.409. The van der Waals surface area contributed by atoms with Crippen LogP contribution in [0.2, 0.25) is 0 Å². The number of alkyl halides is 3. The van der Waals surface area contributed by atoms with Gasteiger partial charge >= 0.3 is 6.18 Å². The van der Waals surface area contributed by atoms with Crippen LogP contribution in [0.3, 0.4) is 0 Å². The number of anilines is 2. The summed E-state index contributed by atoms with van der Waals surface area (Å²) < 4.78 is 39.1. The topological polar surface area (TPSA) is 52.6 Å². The Morgan fingerprint density at radius 3 is 1.90 bits per heavy atom. The minimum atomic E-state index is -4.64. The van der Waals surface area contributed by atoms with E-state index in [0.717, 1.165) is 11.4 Å². The average Bonchev–Trinajstić information content (AvgIpc) is 3.44. The van der Waals surface area contributed by atoms with E-state index in [4.69, 9.17) is 0 Å². The standard InChI is InChI=1S/C22H25F3N2O2/c1-20(2,3)16-6-10-18(11-7-16)26-17-8-4-15(5-9-17)14-27(29)19(28)21(12-13-21)22(23,24)25/h4-11,26,29H,12-14H2,1-3H3. The molecule has 0 spiro atoms. The van der Waals surface area contributed by atoms with Crippen LogP contribution in [0.15, 0.2) is 48.5 Å². The summed E-state index contributed by atoms with van der Waals surface area (Å²) in [5.41, 5.74) is 1.11. The van der Waals surface area contributed by atoms with E-state index in [1.54, 1.807) is 24.3 Å². The number of carbonyl (C=O) groups is 1. The molecule has 0 unspecified atom stereocenters. The Labute approximate surface area is 168 Å². The Morgan fingerprint density at radius 1 is 1.00 bits per heavy atom. The van der Waals surface area contributed by atoms with E-state index in [9.17, 15) is 23.2 Å². The van der Waals surface area contributed by atoms with E-state index in [1.165, 1.54) is 5.56 Å². The van der Waals surface area contributed by atoms with Crippen molar-refractivity contribution in [1.82, 2.24) is 5.06 Å². The first-order valence-corrected chi connectivity index (χ1v) is 9.46. The molecular weight excluding hydrogens is 381 g/mol. The summed E-state index contributed by atoms with van der Waals surface area (Å²) in [6, 6.07) is 14.9. The highest BCUT2D eigenvalue weighted by Gasteiger charge is 2.69. The average molecular weight is 406 g/mol. The molecule has 156 valence electrons. The minimum absolute atomic E-state index is 0.0684. The molecule has 7 heteroatoms. The van der Waals surface area contributed by atoms with Crippen molar-refractivity contribution in [3.05, 3.63) is 59.7 Å². The number of nitrogens with zero attached hydrogens (tertiary/aromatic N) is 1. The first-order valence-electron chi connectivity index (χ1n) is 9.46. The van der Waals surface area contributed by atoms with Gasteiger partial charge in [-0.15, -0.1) is 0 Å². The molecule has 0 aliphatic heterocycles. The largest absolute Gasteiger partial charge is 0.403 e. The van der Waals surface area contributed by atoms with Gasteiger partial charge in [-0.05, 0) is 53.6 Å². The van der Waals surface area contributed by atoms with Crippen molar-refractivity contribution in [2.75, 3.05) is 5.32 Å². The van der Waals surface area contributed by atoms with E-state index in [0.29, 0.717) is 5.56 Å². The molecule has 1 fully saturated rings. The maximum atomic E-state index is 13.0. The van der Waals surface area contributed by atoms with Gasteiger partial charge in [0.25, 0.3) is 5.91 Å². The van der Waals surface area contributed by atoms with E-state index in [2.05, 4.69) is 38.2 Å². The summed E-state index contributed by atoms with van der Waals surface area (Å²) in [5, 5.41) is 13.3. The summed E-state index contributed by atoms with van der Waals surface area (Å²) in [6.07, 6.45) is -5.19. The molecule has 1 saturated carbocycles. The van der Waals surface area contributed by atoms with Crippen LogP contribution in [-0.4, -0.2) is 22.4 Å². The van der Waals surface area contributed by atoms with Gasteiger partial charge in [-0.1, -0.05) is 45.0 Å². The lowest BCUT2D eigenvalue weighted by Gasteiger charge is -2.23. The zero-order chi connectivity index (χ0) is 21.4. The van der Waals surface area contributed by atoms with Gasteiger partial charge in [0, 0.05) is 11.4 Å². The molecule has 4 nitrogen and oxygen atoms in total. The first kappa shape index (κ1) is 21.2. The zero-order valence-electron chi connectivity index (χ0n) is 16.7. The molecule has 2 aromatic carbocycles. The lowest BCUT2D eigenvalue weighted by molar-refractivity contribution is -0.218. The smallest absolute Gasteiger partial charge is 0.356 e. The van der Waals surface area contributed by atoms with Gasteiger partial charge in [0.1, 0.15) is 5.41 Å². The first-order chi connectivity index (χ1) is 13.4. The predicted octanol–water partition coefficient (Wildman–Crippen LogP) is 5.79. The van der Waals surface area contributed by atoms with Crippen molar-refractivity contribution >= 4 is 17.3 Å². The lowest BCUT2D eigenvalue weighted by Crippen LogP contribution is -2.42. The minimum Gasteiger partial charge on any atom is -0.356 e. The number of carbonyl (C=O) groups excluding carboxylic acids is 1. The van der Waals surface area contributed by atoms with Crippen LogP contribution in [0.5, 0.6) is 0 Å². The highest BCUT2D eigenvalue weighted by atomic mass is 19.4. The van der Waals surface area contributed by atoms with Crippen molar-refractivity contribution in [2.45, 2.75) is 51.7 Å². The van der Waals surface area contributed by atoms with E-state index >= 15 is 0 Å². The summed E-state index contributed by atoms with van der Waals surface area (Å²) in [6.45, 7) is 6.13. The number of nitrogens with one attached hydrogen (secondary N) is 1. The molecule has 0 atom stereocenters. The number of halogens is 3. The molecule has 3 rings (SSSR count). The van der Waals surface area contributed by atoms with Crippen LogP contribution in [0.1, 0.15) is 44.7 Å². The summed E-state index contributed by atoms with van der Waals surface area (Å²) in [4.78, 5) is 12.0. The lowest BCUT2D eigenvalue weighted by atomic mass is 9.87. The monoisotopic (exact) mass is 406 g/mol. The second-order valence-electron chi connectivity index (χ2n) is 8.59. The second kappa shape index (κ2) is 7.37. The number of benzene rings is 2. The number of hydrogen-bond acceptors (Lipinski definition) is 3. The number of amides is 1. The van der Waals surface area contributed by atoms with E-state index < -0.39 is 17.5 Å². The molecule has 1 amide bonds. The van der Waals surface area contributed by atoms with Gasteiger partial charge in [0.2, 0.25) is 0 Å². The fourth-order valence-electron chi connectivity index (χ4n) is 3.15. The molecule has 1 aliphatic rings. The summed E-state index contributed by atoms with van der Waals surface area (Å²) in [5.74, 6) is -1.29. The molecule has 0 aromatic heterocycles. The van der Waals surface area contributed by atoms with Crippen LogP contribution in [-0.2, 0) is 16.8 Å². The highest BCUT2D eigenvalue weighted by molar-refractivity contribution is 5.85. The second-order valence-corrected chi connectivity index (χ2v) is 8.59. The van der Waals surface area contributed by atoms with Crippen LogP contribution < -0.4 is 5.32 Å². The van der Waals surface area contributed by atoms with Crippen molar-refractivity contribution in [2.24, 2.45) is 5.41 Å². The third-order valence-corrected chi connectivity index (χ3v) is 5.26. The fourth-order valence-corrected chi connectivity index (χ4v) is 3.15. The summed E-state index contributed by atoms with van der Waals surface area (Å²) >= 11 is 0. The van der Waals surface area contributed by atoms with Crippen molar-refractivity contribution in [3.63, 3.8) is 0 Å². The maximum Gasteiger partial charge on any atom is 0.403 e. The van der Waals surface area contributed by atoms with Crippen LogP contribution in [0, 0.1) is 5.41 Å². The Hall–Kier alpha value is -2.54. The van der Waals surface area contributed by atoms with Crippen molar-refractivity contribution < 1.29 is 23.2 Å². The Balaban J connectivity index is 1.61. The molecule has 2 N–H and O–H groups in total. The maximum absolute atomic E-state index is 13.0. The molecular formula is C22H25F3N2O2. The van der Waals surface area contributed by atoms with Gasteiger partial charge in [-0.25, -0.2) is 5.06 Å². The van der Waals surface area contributed by atoms with Crippen molar-refractivity contribution in [3.8, 4) is 0 Å². The van der Waals surface area contributed by atoms with Crippen molar-refractivity contribution in [1.29, 1.82) is 0 Å². The molecule has 2 aromatic rings. The van der Waals surface area contributed by atoms with Gasteiger partial charge in [0.05, 0.1) is 6.54 Å². The van der Waals surface area contributed by atoms with Gasteiger partial charge in [-0.2, -0.15) is 13.2 Å². The molecule has 1 aliphatic carbocycles. The quantitative estimate of drug-likeness (QED) is 0.488. The SMILES string of the molecule is CC(C)(C)c1ccc(Nc2ccc(CN(O)C(=O)C3(C(F)(F)F)CC3)cc2)cc1. The Bertz CT molecular complexity index is 865. The molecule has 0 bridgehead atoms. The van der Waals surface area contributed by atoms with Gasteiger partial charge in [0.15, 0.2) is 0 Å². The molecule has 0 radical (unpaired) electrons. The van der Waals surface area contributed by atoms with Crippen LogP contribution in [0.25, 0.3) is 0 Å². The Kier molecular flexibility index (Phi) is 5.38. The van der Waals surface area contributed by atoms with Gasteiger partial charge in [-0.3, -0.25) is 10.0 Å². The predicted molar refractivity (Wildman–Crippen MR) is 105 cm³/mol. The summed E-state index contributed by atoms with van der Waals surface area (Å²) in [7, 11) is 0. The van der Waals surface area contributed by atoms with Crippen LogP contribution in [0.4, 0.5) is 24.5 Å².